The van der Waals surface area contributed by atoms with E-state index in [9.17, 15) is 4.79 Å². The van der Waals surface area contributed by atoms with Crippen LogP contribution in [0.2, 0.25) is 0 Å². The summed E-state index contributed by atoms with van der Waals surface area (Å²) in [6.45, 7) is 4.23. The Hall–Kier alpha value is -0.570. The first-order valence-corrected chi connectivity index (χ1v) is 7.61. The fraction of sp³-hybridized carbons (Fsp3) is 0.933. The summed E-state index contributed by atoms with van der Waals surface area (Å²) in [6.07, 6.45) is 8.16. The van der Waals surface area contributed by atoms with Crippen LogP contribution in [0.3, 0.4) is 0 Å². The third kappa shape index (κ3) is 1.97. The van der Waals surface area contributed by atoms with Crippen LogP contribution in [0.4, 0.5) is 0 Å². The highest BCUT2D eigenvalue weighted by Gasteiger charge is 2.53. The van der Waals surface area contributed by atoms with Crippen LogP contribution in [0.1, 0.15) is 45.4 Å². The molecule has 102 valence electrons. The fourth-order valence-corrected chi connectivity index (χ4v) is 4.94. The van der Waals surface area contributed by atoms with Crippen LogP contribution in [-0.4, -0.2) is 42.7 Å². The molecule has 0 unspecified atom stereocenters. The van der Waals surface area contributed by atoms with Crippen molar-refractivity contribution in [2.75, 3.05) is 20.1 Å². The Morgan fingerprint density at radius 2 is 1.78 bits per heavy atom. The molecule has 0 aromatic rings. The van der Waals surface area contributed by atoms with Gasteiger partial charge in [-0.25, -0.2) is 0 Å². The van der Waals surface area contributed by atoms with Crippen molar-refractivity contribution in [2.24, 2.45) is 11.8 Å². The molecule has 18 heavy (non-hydrogen) atoms. The lowest BCUT2D eigenvalue weighted by Gasteiger charge is -2.45. The SMILES string of the molecule is CC(=O)O[C@H]1[C@@H]2CC[C@@H]1[C@H]([N+]1(C)CCCC1)CC2. The van der Waals surface area contributed by atoms with E-state index in [1.807, 2.05) is 0 Å². The molecular weight excluding hydrogens is 226 g/mol. The standard InChI is InChI=1S/C15H26NO2/c1-11(17)18-15-12-5-7-13(15)14(8-6-12)16(2)9-3-4-10-16/h12-15H,3-10H2,1-2H3/q+1/t12-,13-,14-,15+/m1/s1. The van der Waals surface area contributed by atoms with Gasteiger partial charge in [-0.15, -0.1) is 0 Å². The largest absolute Gasteiger partial charge is 0.462 e. The van der Waals surface area contributed by atoms with Gasteiger partial charge in [0.1, 0.15) is 6.10 Å². The summed E-state index contributed by atoms with van der Waals surface area (Å²) in [4.78, 5) is 11.3. The van der Waals surface area contributed by atoms with Gasteiger partial charge in [-0.3, -0.25) is 4.79 Å². The van der Waals surface area contributed by atoms with Crippen molar-refractivity contribution in [2.45, 2.75) is 57.6 Å². The molecule has 1 aliphatic heterocycles. The van der Waals surface area contributed by atoms with Crippen LogP contribution < -0.4 is 0 Å². The molecule has 2 saturated carbocycles. The second-order valence-corrected chi connectivity index (χ2v) is 6.85. The van der Waals surface area contributed by atoms with Crippen LogP contribution in [0.15, 0.2) is 0 Å². The summed E-state index contributed by atoms with van der Waals surface area (Å²) < 4.78 is 6.91. The number of carbonyl (C=O) groups is 1. The van der Waals surface area contributed by atoms with E-state index in [-0.39, 0.29) is 12.1 Å². The van der Waals surface area contributed by atoms with Crippen molar-refractivity contribution in [3.63, 3.8) is 0 Å². The molecule has 3 nitrogen and oxygen atoms in total. The highest BCUT2D eigenvalue weighted by atomic mass is 16.5. The minimum atomic E-state index is -0.0818. The number of rotatable bonds is 2. The van der Waals surface area contributed by atoms with Gasteiger partial charge >= 0.3 is 5.97 Å². The highest BCUT2D eigenvalue weighted by Crippen LogP contribution is 2.48. The van der Waals surface area contributed by atoms with Crippen LogP contribution in [0.5, 0.6) is 0 Å². The third-order valence-corrected chi connectivity index (χ3v) is 5.78. The van der Waals surface area contributed by atoms with E-state index in [1.165, 1.54) is 56.1 Å². The number of esters is 1. The molecule has 3 aliphatic rings. The van der Waals surface area contributed by atoms with E-state index in [0.29, 0.717) is 11.8 Å². The number of hydrogen-bond acceptors (Lipinski definition) is 2. The van der Waals surface area contributed by atoms with Crippen molar-refractivity contribution in [1.29, 1.82) is 0 Å². The monoisotopic (exact) mass is 252 g/mol. The maximum Gasteiger partial charge on any atom is 0.302 e. The topological polar surface area (TPSA) is 26.3 Å². The lowest BCUT2D eigenvalue weighted by atomic mass is 9.80. The maximum absolute atomic E-state index is 11.3. The van der Waals surface area contributed by atoms with Crippen LogP contribution >= 0.6 is 0 Å². The van der Waals surface area contributed by atoms with Crippen molar-refractivity contribution >= 4 is 5.97 Å². The van der Waals surface area contributed by atoms with Gasteiger partial charge in [-0.05, 0) is 25.2 Å². The number of ether oxygens (including phenoxy) is 1. The molecular formula is C15H26NO2+. The molecule has 0 radical (unpaired) electrons. The van der Waals surface area contributed by atoms with Gasteiger partial charge in [0.15, 0.2) is 0 Å². The Bertz CT molecular complexity index is 335. The molecule has 1 saturated heterocycles. The molecule has 0 aromatic heterocycles. The fourth-order valence-electron chi connectivity index (χ4n) is 4.94. The predicted molar refractivity (Wildman–Crippen MR) is 69.9 cm³/mol. The molecule has 3 heteroatoms. The van der Waals surface area contributed by atoms with Gasteiger partial charge < -0.3 is 9.22 Å². The normalized spacial score (nSPS) is 41.9. The van der Waals surface area contributed by atoms with Crippen molar-refractivity contribution < 1.29 is 14.0 Å². The number of likely N-dealkylation sites (tertiary alicyclic amines) is 1. The zero-order valence-electron chi connectivity index (χ0n) is 11.7. The van der Waals surface area contributed by atoms with Gasteiger partial charge in [0, 0.05) is 32.1 Å². The molecule has 0 N–H and O–H groups in total. The first-order chi connectivity index (χ1) is 8.60. The summed E-state index contributed by atoms with van der Waals surface area (Å²) in [7, 11) is 2.43. The van der Waals surface area contributed by atoms with Gasteiger partial charge in [0.25, 0.3) is 0 Å². The van der Waals surface area contributed by atoms with Gasteiger partial charge in [0.05, 0.1) is 26.2 Å². The number of fused-ring (bicyclic) bond motifs is 2. The minimum absolute atomic E-state index is 0.0818. The summed E-state index contributed by atoms with van der Waals surface area (Å²) in [6, 6.07) is 0.746. The summed E-state index contributed by atoms with van der Waals surface area (Å²) in [5.41, 5.74) is 0. The molecule has 0 amide bonds. The molecule has 3 fully saturated rings. The zero-order valence-corrected chi connectivity index (χ0v) is 11.7. The molecule has 4 atom stereocenters. The van der Waals surface area contributed by atoms with Crippen LogP contribution in [0.25, 0.3) is 0 Å². The highest BCUT2D eigenvalue weighted by molar-refractivity contribution is 5.66. The Balaban J connectivity index is 1.78. The minimum Gasteiger partial charge on any atom is -0.462 e. The predicted octanol–water partition coefficient (Wildman–Crippen LogP) is 2.35. The van der Waals surface area contributed by atoms with E-state index in [1.54, 1.807) is 6.92 Å². The smallest absolute Gasteiger partial charge is 0.302 e. The number of nitrogens with zero attached hydrogens (tertiary/aromatic N) is 1. The Labute approximate surface area is 110 Å². The summed E-state index contributed by atoms with van der Waals surface area (Å²) >= 11 is 0. The molecule has 1 heterocycles. The quantitative estimate of drug-likeness (QED) is 0.557. The second kappa shape index (κ2) is 4.52. The average molecular weight is 252 g/mol. The molecule has 2 aliphatic carbocycles. The second-order valence-electron chi connectivity index (χ2n) is 6.85. The Morgan fingerprint density at radius 1 is 1.11 bits per heavy atom. The van der Waals surface area contributed by atoms with E-state index < -0.39 is 0 Å². The number of quaternary nitrogens is 1. The van der Waals surface area contributed by atoms with Crippen molar-refractivity contribution in [3.05, 3.63) is 0 Å². The first-order valence-electron chi connectivity index (χ1n) is 7.61. The average Bonchev–Trinajstić information content (AvgIpc) is 2.83. The number of hydrogen-bond donors (Lipinski definition) is 0. The molecule has 3 rings (SSSR count). The zero-order chi connectivity index (χ0) is 12.8. The van der Waals surface area contributed by atoms with Gasteiger partial charge in [-0.2, -0.15) is 0 Å². The van der Waals surface area contributed by atoms with E-state index in [0.717, 1.165) is 6.04 Å². The summed E-state index contributed by atoms with van der Waals surface area (Å²) in [5, 5.41) is 0. The molecule has 2 bridgehead atoms. The van der Waals surface area contributed by atoms with Crippen LogP contribution in [0, 0.1) is 11.8 Å². The van der Waals surface area contributed by atoms with Crippen LogP contribution in [-0.2, 0) is 9.53 Å². The molecule has 0 aromatic carbocycles. The number of carbonyl (C=O) groups excluding carboxylic acids is 1. The van der Waals surface area contributed by atoms with Crippen molar-refractivity contribution in [1.82, 2.24) is 0 Å². The van der Waals surface area contributed by atoms with E-state index >= 15 is 0 Å². The van der Waals surface area contributed by atoms with Gasteiger partial charge in [0.2, 0.25) is 0 Å². The lowest BCUT2D eigenvalue weighted by Crippen LogP contribution is -2.57. The van der Waals surface area contributed by atoms with Crippen molar-refractivity contribution in [3.8, 4) is 0 Å². The third-order valence-electron chi connectivity index (χ3n) is 5.78. The van der Waals surface area contributed by atoms with Gasteiger partial charge in [-0.1, -0.05) is 0 Å². The van der Waals surface area contributed by atoms with E-state index in [2.05, 4.69) is 7.05 Å². The maximum atomic E-state index is 11.3. The molecule has 0 spiro atoms. The first kappa shape index (κ1) is 12.5. The Kier molecular flexibility index (Phi) is 3.13. The summed E-state index contributed by atoms with van der Waals surface area (Å²) in [5.74, 6) is 1.21. The lowest BCUT2D eigenvalue weighted by molar-refractivity contribution is -0.927. The Morgan fingerprint density at radius 3 is 2.44 bits per heavy atom. The van der Waals surface area contributed by atoms with E-state index in [4.69, 9.17) is 4.74 Å².